The highest BCUT2D eigenvalue weighted by Crippen LogP contribution is 2.24. The topological polar surface area (TPSA) is 313 Å². The fourth-order valence-electron chi connectivity index (χ4n) is 5.75. The molecule has 2 aromatic rings. The number of aliphatic carboxylic acids is 2. The van der Waals surface area contributed by atoms with Gasteiger partial charge in [0.2, 0.25) is 53.1 Å². The molecule has 0 aliphatic rings. The van der Waals surface area contributed by atoms with Crippen LogP contribution in [0.3, 0.4) is 0 Å². The van der Waals surface area contributed by atoms with Gasteiger partial charge in [0.25, 0.3) is 0 Å². The number of carbonyl (C=O) groups excluding carboxylic acids is 8. The summed E-state index contributed by atoms with van der Waals surface area (Å²) in [6, 6.07) is -2.71. The lowest BCUT2D eigenvalue weighted by molar-refractivity contribution is -0.142. The molecule has 2 rings (SSSR count). The molecule has 10 N–H and O–H groups in total. The Morgan fingerprint density at radius 3 is 1.71 bits per heavy atom. The molecule has 2 aromatic carbocycles. The van der Waals surface area contributed by atoms with Gasteiger partial charge in [-0.1, -0.05) is 31.5 Å². The minimum absolute atomic E-state index is 0.0402. The van der Waals surface area contributed by atoms with Crippen LogP contribution in [0.1, 0.15) is 56.6 Å². The van der Waals surface area contributed by atoms with Crippen molar-refractivity contribution in [2.24, 2.45) is 5.73 Å². The molecule has 8 amide bonds. The number of amides is 8. The van der Waals surface area contributed by atoms with Crippen LogP contribution >= 0.6 is 0 Å². The summed E-state index contributed by atoms with van der Waals surface area (Å²) in [4.78, 5) is 126. The molecule has 0 spiro atoms. The summed E-state index contributed by atoms with van der Waals surface area (Å²) in [5.41, 5.74) is 3.20. The number of unbranched alkanes of at least 4 members (excludes halogenated alkanes) is 1. The van der Waals surface area contributed by atoms with Crippen molar-refractivity contribution in [1.82, 2.24) is 36.8 Å². The predicted octanol–water partition coefficient (Wildman–Crippen LogP) is -1.05. The van der Waals surface area contributed by atoms with Gasteiger partial charge in [-0.25, -0.2) is 26.3 Å². The van der Waals surface area contributed by atoms with Crippen molar-refractivity contribution in [3.8, 4) is 0 Å². The van der Waals surface area contributed by atoms with Gasteiger partial charge in [-0.15, -0.1) is 0 Å². The van der Waals surface area contributed by atoms with E-state index in [-0.39, 0.29) is 18.4 Å². The monoisotopic (exact) mass is 932 g/mol. The van der Waals surface area contributed by atoms with Crippen molar-refractivity contribution in [2.45, 2.75) is 82.5 Å². The molecule has 0 saturated heterocycles. The molecule has 0 bridgehead atoms. The highest BCUT2D eigenvalue weighted by Gasteiger charge is 2.34. The number of nitrogens with one attached hydrogen (secondary N) is 6. The molecule has 65 heavy (non-hydrogen) atoms. The number of hydrogen-bond acceptors (Lipinski definition) is 10. The maximum atomic E-state index is 14.9. The first-order valence-electron chi connectivity index (χ1n) is 19.4. The van der Waals surface area contributed by atoms with Gasteiger partial charge in [-0.05, 0) is 24.5 Å². The van der Waals surface area contributed by atoms with Crippen LogP contribution in [0.2, 0.25) is 0 Å². The highest BCUT2D eigenvalue weighted by molar-refractivity contribution is 5.96. The van der Waals surface area contributed by atoms with E-state index in [1.807, 2.05) is 33.5 Å². The molecule has 1 unspecified atom stereocenters. The van der Waals surface area contributed by atoms with E-state index in [0.717, 1.165) is 17.0 Å². The second kappa shape index (κ2) is 25.7. The van der Waals surface area contributed by atoms with Crippen LogP contribution in [0.15, 0.2) is 24.3 Å². The average molecular weight is 933 g/mol. The van der Waals surface area contributed by atoms with Gasteiger partial charge in [0.15, 0.2) is 23.3 Å². The maximum Gasteiger partial charge on any atom is 0.305 e. The van der Waals surface area contributed by atoms with Crippen molar-refractivity contribution in [1.29, 1.82) is 0 Å². The van der Waals surface area contributed by atoms with Crippen LogP contribution in [-0.4, -0.2) is 125 Å². The zero-order chi connectivity index (χ0) is 49.1. The van der Waals surface area contributed by atoms with E-state index in [1.54, 1.807) is 0 Å². The molecule has 20 nitrogen and oxygen atoms in total. The molecule has 0 aromatic heterocycles. The van der Waals surface area contributed by atoms with Crippen molar-refractivity contribution in [3.63, 3.8) is 0 Å². The number of nitrogens with two attached hydrogens (primary N) is 1. The summed E-state index contributed by atoms with van der Waals surface area (Å²) in [5, 5.41) is 30.2. The van der Waals surface area contributed by atoms with Crippen LogP contribution in [0.25, 0.3) is 0 Å². The van der Waals surface area contributed by atoms with E-state index in [2.05, 4.69) is 5.32 Å². The third kappa shape index (κ3) is 17.1. The highest BCUT2D eigenvalue weighted by atomic mass is 19.2. The van der Waals surface area contributed by atoms with Gasteiger partial charge in [-0.3, -0.25) is 47.9 Å². The van der Waals surface area contributed by atoms with Gasteiger partial charge in [-0.2, -0.15) is 0 Å². The number of halogens is 6. The third-order valence-corrected chi connectivity index (χ3v) is 9.26. The molecule has 356 valence electrons. The Bertz CT molecular complexity index is 2120. The van der Waals surface area contributed by atoms with Gasteiger partial charge >= 0.3 is 11.9 Å². The summed E-state index contributed by atoms with van der Waals surface area (Å²) in [6.07, 6.45) is -2.93. The zero-order valence-electron chi connectivity index (χ0n) is 34.7. The minimum atomic E-state index is -2.57. The first kappa shape index (κ1) is 53.9. The molecule has 0 saturated carbocycles. The molecular weight excluding hydrogens is 886 g/mol. The number of nitrogens with zero attached hydrogens (tertiary/aromatic N) is 1. The summed E-state index contributed by atoms with van der Waals surface area (Å²) >= 11 is 0. The average Bonchev–Trinajstić information content (AvgIpc) is 3.25. The van der Waals surface area contributed by atoms with Crippen molar-refractivity contribution >= 4 is 59.2 Å². The van der Waals surface area contributed by atoms with Gasteiger partial charge in [0.05, 0.1) is 26.1 Å². The second-order valence-corrected chi connectivity index (χ2v) is 14.1. The quantitative estimate of drug-likeness (QED) is 0.0310. The molecule has 0 aliphatic heterocycles. The van der Waals surface area contributed by atoms with Crippen LogP contribution in [-0.2, 0) is 60.8 Å². The summed E-state index contributed by atoms with van der Waals surface area (Å²) in [7, 11) is 1.26. The second-order valence-electron chi connectivity index (χ2n) is 14.1. The lowest BCUT2D eigenvalue weighted by Crippen LogP contribution is -2.57. The van der Waals surface area contributed by atoms with Crippen molar-refractivity contribution < 1.29 is 84.5 Å². The van der Waals surface area contributed by atoms with E-state index in [9.17, 15) is 74.3 Å². The van der Waals surface area contributed by atoms with Crippen LogP contribution in [0, 0.1) is 34.9 Å². The Kier molecular flexibility index (Phi) is 21.3. The Balaban J connectivity index is 2.35. The SMILES string of the molecule is CCCCC(=O)N(C)[C@@H](CCC(=O)O)C(=O)NCC(=O)NCC(=O)N[C@@H](Cc1c(F)c(F)c(F)c(F)c1F)C(=O)N[C@@H](Cc1ccccc1F)C(=O)NCC(=O)NC(CC(=O)O)C(N)=O. The summed E-state index contributed by atoms with van der Waals surface area (Å²) in [6.45, 7) is -1.16. The first-order chi connectivity index (χ1) is 30.5. The molecule has 0 aliphatic carbocycles. The number of hydrogen-bond donors (Lipinski definition) is 9. The largest absolute Gasteiger partial charge is 0.481 e. The standard InChI is InChI=1S/C39H46F6N8O12/c1-3-4-9-28(57)53(2)24(10-11-29(58)59)39(65)49-15-25(54)47-16-26(55)51-23(13-19-31(41)33(43)35(45)34(44)32(19)42)38(64)52-22(12-18-7-5-6-8-20(18)40)37(63)48-17-27(56)50-21(36(46)62)14-30(60)61/h5-8,21-24H,3-4,9-17H2,1-2H3,(H2,46,62)(H,47,54)(H,48,63)(H,49,65)(H,50,56)(H,51,55)(H,52,64)(H,58,59)(H,60,61)/t21?,22-,23-,24-/m0/s1. The maximum absolute atomic E-state index is 14.9. The lowest BCUT2D eigenvalue weighted by Gasteiger charge is -2.27. The van der Waals surface area contributed by atoms with E-state index in [4.69, 9.17) is 15.9 Å². The normalized spacial score (nSPS) is 12.6. The molecular formula is C39H46F6N8O12. The fourth-order valence-corrected chi connectivity index (χ4v) is 5.75. The van der Waals surface area contributed by atoms with E-state index in [1.165, 1.54) is 19.2 Å². The number of benzene rings is 2. The smallest absolute Gasteiger partial charge is 0.305 e. The molecule has 4 atom stereocenters. The number of primary amides is 1. The summed E-state index contributed by atoms with van der Waals surface area (Å²) in [5.74, 6) is -25.2. The van der Waals surface area contributed by atoms with Gasteiger partial charge < -0.3 is 52.7 Å². The van der Waals surface area contributed by atoms with Crippen molar-refractivity contribution in [3.05, 3.63) is 70.3 Å². The van der Waals surface area contributed by atoms with E-state index in [0.29, 0.717) is 12.8 Å². The molecule has 0 heterocycles. The van der Waals surface area contributed by atoms with Crippen LogP contribution in [0.4, 0.5) is 26.3 Å². The Morgan fingerprint density at radius 2 is 1.15 bits per heavy atom. The summed E-state index contributed by atoms with van der Waals surface area (Å²) < 4.78 is 86.7. The van der Waals surface area contributed by atoms with Gasteiger partial charge in [0.1, 0.15) is 30.0 Å². The molecule has 0 fully saturated rings. The molecule has 0 radical (unpaired) electrons. The number of carboxylic acid groups (broad SMARTS) is 2. The Hall–Kier alpha value is -7.28. The zero-order valence-corrected chi connectivity index (χ0v) is 34.7. The van der Waals surface area contributed by atoms with Crippen LogP contribution < -0.4 is 37.6 Å². The number of carbonyl (C=O) groups is 10. The third-order valence-electron chi connectivity index (χ3n) is 9.26. The number of carboxylic acids is 2. The van der Waals surface area contributed by atoms with Gasteiger partial charge in [0, 0.05) is 38.3 Å². The predicted molar refractivity (Wildman–Crippen MR) is 209 cm³/mol. The lowest BCUT2D eigenvalue weighted by atomic mass is 10.0. The van der Waals surface area contributed by atoms with E-state index < -0.39 is 169 Å². The van der Waals surface area contributed by atoms with Crippen LogP contribution in [0.5, 0.6) is 0 Å². The van der Waals surface area contributed by atoms with Crippen molar-refractivity contribution in [2.75, 3.05) is 26.7 Å². The fraction of sp³-hybridized carbons (Fsp3) is 0.436. The first-order valence-corrected chi connectivity index (χ1v) is 19.4. The Labute approximate surface area is 365 Å². The number of rotatable bonds is 26. The number of likely N-dealkylation sites (N-methyl/N-ethyl adjacent to an activating group) is 1. The van der Waals surface area contributed by atoms with E-state index >= 15 is 0 Å². The minimum Gasteiger partial charge on any atom is -0.481 e. The molecule has 26 heteroatoms. The Morgan fingerprint density at radius 1 is 0.631 bits per heavy atom.